The summed E-state index contributed by atoms with van der Waals surface area (Å²) in [6.07, 6.45) is 1.14. The molecular formula is C27H33NO3SSi. The van der Waals surface area contributed by atoms with Gasteiger partial charge in [-0.2, -0.15) is 10.9 Å². The number of carbonyl (C=O) groups excluding carboxylic acids is 2. The number of nitrogens with one attached hydrogen (secondary N) is 1. The number of rotatable bonds is 11. The summed E-state index contributed by atoms with van der Waals surface area (Å²) in [5, 5.41) is 2.84. The van der Waals surface area contributed by atoms with E-state index >= 15 is 0 Å². The lowest BCUT2D eigenvalue weighted by molar-refractivity contribution is -0.121. The second-order valence-electron chi connectivity index (χ2n) is 8.74. The molecule has 0 bridgehead atoms. The molecule has 0 fully saturated rings. The molecule has 3 aromatic carbocycles. The van der Waals surface area contributed by atoms with Crippen molar-refractivity contribution in [3.05, 3.63) is 90.5 Å². The number of thiol groups is 1. The Kier molecular flexibility index (Phi) is 9.06. The summed E-state index contributed by atoms with van der Waals surface area (Å²) in [5.74, 6) is -0.140. The largest absolute Gasteiger partial charge is 0.432 e. The highest BCUT2D eigenvalue weighted by molar-refractivity contribution is 8.17. The van der Waals surface area contributed by atoms with E-state index in [1.54, 1.807) is 0 Å². The molecule has 0 saturated carbocycles. The van der Waals surface area contributed by atoms with E-state index in [4.69, 9.17) is 0 Å². The van der Waals surface area contributed by atoms with E-state index in [-0.39, 0.29) is 24.5 Å². The monoisotopic (exact) mass is 479 g/mol. The molecule has 0 aliphatic rings. The van der Waals surface area contributed by atoms with Gasteiger partial charge in [-0.3, -0.25) is 9.59 Å². The van der Waals surface area contributed by atoms with E-state index in [9.17, 15) is 14.4 Å². The molecule has 0 saturated heterocycles. The van der Waals surface area contributed by atoms with Gasteiger partial charge in [0.1, 0.15) is 0 Å². The van der Waals surface area contributed by atoms with Crippen LogP contribution in [0.3, 0.4) is 0 Å². The summed E-state index contributed by atoms with van der Waals surface area (Å²) in [7, 11) is -2.77. The molecule has 1 amide bonds. The SMILES string of the molecule is C[Si](C)(O)CCCNC(=O)CCC(=O)c1ccc([SH](c2ccccc2)c2ccccc2)cc1. The topological polar surface area (TPSA) is 66.4 Å². The van der Waals surface area contributed by atoms with Gasteiger partial charge in [0, 0.05) is 24.9 Å². The van der Waals surface area contributed by atoms with Gasteiger partial charge in [0.25, 0.3) is 0 Å². The molecule has 0 radical (unpaired) electrons. The Hall–Kier alpha value is -2.67. The number of amides is 1. The Bertz CT molecular complexity index is 995. The van der Waals surface area contributed by atoms with E-state index in [1.165, 1.54) is 14.7 Å². The van der Waals surface area contributed by atoms with Crippen molar-refractivity contribution >= 4 is 30.9 Å². The van der Waals surface area contributed by atoms with E-state index in [0.717, 1.165) is 12.5 Å². The first-order chi connectivity index (χ1) is 15.8. The third kappa shape index (κ3) is 8.00. The molecule has 4 nitrogen and oxygen atoms in total. The Morgan fingerprint density at radius 3 is 1.82 bits per heavy atom. The maximum atomic E-state index is 12.6. The summed E-state index contributed by atoms with van der Waals surface area (Å²) >= 11 is 0. The predicted molar refractivity (Wildman–Crippen MR) is 139 cm³/mol. The molecule has 3 aromatic rings. The molecule has 0 unspecified atom stereocenters. The van der Waals surface area contributed by atoms with Crippen LogP contribution in [0.5, 0.6) is 0 Å². The Balaban J connectivity index is 1.60. The van der Waals surface area contributed by atoms with Crippen molar-refractivity contribution in [2.45, 2.75) is 53.1 Å². The van der Waals surface area contributed by atoms with Crippen LogP contribution in [0.1, 0.15) is 29.6 Å². The summed E-state index contributed by atoms with van der Waals surface area (Å²) in [4.78, 5) is 38.2. The molecule has 2 N–H and O–H groups in total. The smallest absolute Gasteiger partial charge is 0.220 e. The molecule has 0 heterocycles. The zero-order valence-electron chi connectivity index (χ0n) is 19.3. The number of carbonyl (C=O) groups is 2. The average molecular weight is 480 g/mol. The highest BCUT2D eigenvalue weighted by Gasteiger charge is 2.16. The van der Waals surface area contributed by atoms with Crippen molar-refractivity contribution in [2.24, 2.45) is 0 Å². The lowest BCUT2D eigenvalue weighted by Gasteiger charge is -2.23. The fraction of sp³-hybridized carbons (Fsp3) is 0.259. The van der Waals surface area contributed by atoms with Crippen LogP contribution in [0.2, 0.25) is 19.1 Å². The second-order valence-corrected chi connectivity index (χ2v) is 15.1. The molecule has 174 valence electrons. The highest BCUT2D eigenvalue weighted by Crippen LogP contribution is 2.51. The van der Waals surface area contributed by atoms with Gasteiger partial charge in [-0.15, -0.1) is 0 Å². The number of benzene rings is 3. The first kappa shape index (κ1) is 25.0. The standard InChI is InChI=1S/C27H33NO3SSi/c1-33(2,31)21-9-20-28-27(30)19-18-26(29)22-14-16-25(17-15-22)32(23-10-5-3-6-11-23)24-12-7-4-8-13-24/h3-8,10-17,31-32H,9,18-21H2,1-2H3,(H,28,30). The molecule has 0 aliphatic carbocycles. The van der Waals surface area contributed by atoms with Crippen LogP contribution >= 0.6 is 10.9 Å². The highest BCUT2D eigenvalue weighted by atomic mass is 32.2. The Labute approximate surface area is 200 Å². The molecule has 0 spiro atoms. The Morgan fingerprint density at radius 1 is 0.788 bits per heavy atom. The number of Topliss-reactive ketones (excluding diaryl/α,β-unsaturated/α-hetero) is 1. The van der Waals surface area contributed by atoms with E-state index in [2.05, 4.69) is 53.8 Å². The predicted octanol–water partition coefficient (Wildman–Crippen LogP) is 5.83. The van der Waals surface area contributed by atoms with Crippen molar-refractivity contribution < 1.29 is 14.4 Å². The van der Waals surface area contributed by atoms with Gasteiger partial charge in [0.05, 0.1) is 0 Å². The number of hydrogen-bond acceptors (Lipinski definition) is 3. The lowest BCUT2D eigenvalue weighted by Crippen LogP contribution is -2.29. The van der Waals surface area contributed by atoms with Crippen LogP contribution in [-0.2, 0) is 4.79 Å². The fourth-order valence-corrected chi connectivity index (χ4v) is 6.93. The van der Waals surface area contributed by atoms with Crippen molar-refractivity contribution in [3.8, 4) is 0 Å². The molecule has 33 heavy (non-hydrogen) atoms. The fourth-order valence-electron chi connectivity index (χ4n) is 3.61. The van der Waals surface area contributed by atoms with Crippen molar-refractivity contribution in [1.82, 2.24) is 5.32 Å². The summed E-state index contributed by atoms with van der Waals surface area (Å²) in [5.41, 5.74) is 0.635. The minimum absolute atomic E-state index is 0.0238. The number of ketones is 1. The van der Waals surface area contributed by atoms with Crippen LogP contribution in [0.25, 0.3) is 0 Å². The Morgan fingerprint density at radius 2 is 1.30 bits per heavy atom. The summed E-state index contributed by atoms with van der Waals surface area (Å²) in [6, 6.07) is 29.5. The zero-order valence-corrected chi connectivity index (χ0v) is 21.2. The number of hydrogen-bond donors (Lipinski definition) is 3. The second kappa shape index (κ2) is 12.0. The van der Waals surface area contributed by atoms with Gasteiger partial charge in [0.2, 0.25) is 5.91 Å². The molecule has 0 atom stereocenters. The van der Waals surface area contributed by atoms with Crippen LogP contribution < -0.4 is 5.32 Å². The summed E-state index contributed by atoms with van der Waals surface area (Å²) < 4.78 is 0. The van der Waals surface area contributed by atoms with E-state index in [0.29, 0.717) is 12.1 Å². The minimum atomic E-state index is -2.07. The van der Waals surface area contributed by atoms with Gasteiger partial charge < -0.3 is 10.1 Å². The average Bonchev–Trinajstić information content (AvgIpc) is 2.82. The minimum Gasteiger partial charge on any atom is -0.432 e. The lowest BCUT2D eigenvalue weighted by atomic mass is 10.1. The van der Waals surface area contributed by atoms with Crippen molar-refractivity contribution in [2.75, 3.05) is 6.54 Å². The summed E-state index contributed by atoms with van der Waals surface area (Å²) in [6.45, 7) is 4.32. The van der Waals surface area contributed by atoms with E-state index in [1.807, 2.05) is 49.5 Å². The van der Waals surface area contributed by atoms with Crippen LogP contribution in [0.4, 0.5) is 0 Å². The van der Waals surface area contributed by atoms with Crippen LogP contribution in [-0.4, -0.2) is 31.3 Å². The van der Waals surface area contributed by atoms with Gasteiger partial charge >= 0.3 is 0 Å². The van der Waals surface area contributed by atoms with Crippen LogP contribution in [0, 0.1) is 0 Å². The maximum Gasteiger partial charge on any atom is 0.220 e. The van der Waals surface area contributed by atoms with Gasteiger partial charge in [-0.05, 0) is 76.6 Å². The van der Waals surface area contributed by atoms with Gasteiger partial charge in [-0.25, -0.2) is 0 Å². The first-order valence-electron chi connectivity index (χ1n) is 11.4. The molecular weight excluding hydrogens is 446 g/mol. The zero-order chi connectivity index (χ0) is 23.7. The molecule has 3 rings (SSSR count). The van der Waals surface area contributed by atoms with Crippen molar-refractivity contribution in [3.63, 3.8) is 0 Å². The molecule has 6 heteroatoms. The van der Waals surface area contributed by atoms with Crippen LogP contribution in [0.15, 0.2) is 99.6 Å². The van der Waals surface area contributed by atoms with Gasteiger partial charge in [-0.1, -0.05) is 48.5 Å². The third-order valence-corrected chi connectivity index (χ3v) is 9.36. The normalized spacial score (nSPS) is 11.7. The quantitative estimate of drug-likeness (QED) is 0.140. The van der Waals surface area contributed by atoms with Gasteiger partial charge in [0.15, 0.2) is 14.1 Å². The first-order valence-corrected chi connectivity index (χ1v) is 15.9. The maximum absolute atomic E-state index is 12.6. The van der Waals surface area contributed by atoms with Crippen molar-refractivity contribution in [1.29, 1.82) is 0 Å². The van der Waals surface area contributed by atoms with E-state index < -0.39 is 19.2 Å². The molecule has 0 aliphatic heterocycles. The third-order valence-electron chi connectivity index (χ3n) is 5.34. The molecule has 0 aromatic heterocycles.